The number of rotatable bonds is 13. The molecule has 7 heteroatoms. The summed E-state index contributed by atoms with van der Waals surface area (Å²) in [5.41, 5.74) is 0.869. The number of benzene rings is 1. The number of amides is 1. The molecule has 1 unspecified atom stereocenters. The van der Waals surface area contributed by atoms with Crippen LogP contribution in [-0.2, 0) is 20.7 Å². The molecule has 0 aliphatic heterocycles. The van der Waals surface area contributed by atoms with Gasteiger partial charge in [0, 0.05) is 19.6 Å². The highest BCUT2D eigenvalue weighted by Gasteiger charge is 2.23. The number of aliphatic carboxylic acids is 1. The van der Waals surface area contributed by atoms with Crippen LogP contribution in [0.3, 0.4) is 0 Å². The summed E-state index contributed by atoms with van der Waals surface area (Å²) < 4.78 is 16.5. The van der Waals surface area contributed by atoms with Crippen LogP contribution in [0.2, 0.25) is 0 Å². The number of carbonyl (C=O) groups excluding carboxylic acids is 1. The third kappa shape index (κ3) is 9.17. The summed E-state index contributed by atoms with van der Waals surface area (Å²) in [6, 6.07) is 7.33. The minimum absolute atomic E-state index is 0.268. The van der Waals surface area contributed by atoms with Gasteiger partial charge in [0.1, 0.15) is 12.4 Å². The monoisotopic (exact) mass is 435 g/mol. The van der Waals surface area contributed by atoms with Gasteiger partial charge in [-0.05, 0) is 49.3 Å². The number of ether oxygens (including phenoxy) is 3. The summed E-state index contributed by atoms with van der Waals surface area (Å²) in [5, 5.41) is 9.21. The maximum absolute atomic E-state index is 12.5. The smallest absolute Gasteiger partial charge is 0.409 e. The molecule has 0 heterocycles. The Morgan fingerprint density at radius 3 is 2.42 bits per heavy atom. The molecule has 1 aliphatic carbocycles. The van der Waals surface area contributed by atoms with Gasteiger partial charge in [0.2, 0.25) is 0 Å². The van der Waals surface area contributed by atoms with Crippen molar-refractivity contribution in [2.45, 2.75) is 59.0 Å². The van der Waals surface area contributed by atoms with Gasteiger partial charge in [-0.2, -0.15) is 0 Å². The minimum atomic E-state index is -0.964. The average Bonchev–Trinajstić information content (AvgIpc) is 3.25. The summed E-state index contributed by atoms with van der Waals surface area (Å²) in [6.07, 6.45) is 3.97. The zero-order chi connectivity index (χ0) is 22.6. The molecule has 1 aromatic rings. The quantitative estimate of drug-likeness (QED) is 0.495. The lowest BCUT2D eigenvalue weighted by atomic mass is 10.1. The van der Waals surface area contributed by atoms with E-state index in [2.05, 4.69) is 0 Å². The van der Waals surface area contributed by atoms with Crippen LogP contribution < -0.4 is 4.74 Å². The standard InChI is InChI=1S/C24H37NO6/c1-4-29-22(23(26)27)15-19-9-11-21(12-10-19)30-14-13-25(16-20-7-5-6-8-20)24(28)31-17-18(2)3/h9-12,18,20,22H,4-8,13-17H2,1-3H3,(H,26,27). The highest BCUT2D eigenvalue weighted by molar-refractivity contribution is 5.72. The molecular weight excluding hydrogens is 398 g/mol. The lowest BCUT2D eigenvalue weighted by Gasteiger charge is -2.25. The van der Waals surface area contributed by atoms with Gasteiger partial charge in [0.15, 0.2) is 6.10 Å². The van der Waals surface area contributed by atoms with Gasteiger partial charge >= 0.3 is 12.1 Å². The Morgan fingerprint density at radius 2 is 1.84 bits per heavy atom. The molecule has 1 aliphatic rings. The molecule has 0 saturated heterocycles. The number of hydrogen-bond acceptors (Lipinski definition) is 5. The molecule has 0 radical (unpaired) electrons. The van der Waals surface area contributed by atoms with Crippen molar-refractivity contribution in [2.24, 2.45) is 11.8 Å². The molecule has 174 valence electrons. The summed E-state index contributed by atoms with van der Waals surface area (Å²) >= 11 is 0. The Labute approximate surface area is 185 Å². The first kappa shape index (κ1) is 25.0. The van der Waals surface area contributed by atoms with Gasteiger partial charge in [-0.3, -0.25) is 0 Å². The van der Waals surface area contributed by atoms with E-state index in [-0.39, 0.29) is 6.09 Å². The highest BCUT2D eigenvalue weighted by atomic mass is 16.6. The molecule has 7 nitrogen and oxygen atoms in total. The number of carbonyl (C=O) groups is 2. The zero-order valence-electron chi connectivity index (χ0n) is 19.0. The predicted molar refractivity (Wildman–Crippen MR) is 118 cm³/mol. The second-order valence-electron chi connectivity index (χ2n) is 8.55. The van der Waals surface area contributed by atoms with Gasteiger partial charge in [-0.1, -0.05) is 38.8 Å². The van der Waals surface area contributed by atoms with Crippen molar-refractivity contribution < 1.29 is 28.9 Å². The summed E-state index contributed by atoms with van der Waals surface area (Å²) in [6.45, 7) is 8.16. The van der Waals surface area contributed by atoms with Crippen molar-refractivity contribution in [2.75, 3.05) is 32.9 Å². The van der Waals surface area contributed by atoms with Gasteiger partial charge in [-0.15, -0.1) is 0 Å². The third-order valence-electron chi connectivity index (χ3n) is 5.37. The van der Waals surface area contributed by atoms with Crippen LogP contribution in [0.4, 0.5) is 4.79 Å². The number of carboxylic acid groups (broad SMARTS) is 1. The molecule has 31 heavy (non-hydrogen) atoms. The van der Waals surface area contributed by atoms with Crippen molar-refractivity contribution in [1.82, 2.24) is 4.90 Å². The van der Waals surface area contributed by atoms with Crippen LogP contribution in [0.15, 0.2) is 24.3 Å². The van der Waals surface area contributed by atoms with Crippen molar-refractivity contribution in [3.63, 3.8) is 0 Å². The van der Waals surface area contributed by atoms with Gasteiger partial charge in [0.05, 0.1) is 13.2 Å². The first-order chi connectivity index (χ1) is 14.9. The van der Waals surface area contributed by atoms with E-state index in [1.165, 1.54) is 12.8 Å². The second-order valence-corrected chi connectivity index (χ2v) is 8.55. The SMILES string of the molecule is CCOC(Cc1ccc(OCCN(CC2CCCC2)C(=O)OCC(C)C)cc1)C(=O)O. The Kier molecular flexibility index (Phi) is 10.6. The van der Waals surface area contributed by atoms with Crippen molar-refractivity contribution in [3.8, 4) is 5.75 Å². The molecule has 1 N–H and O–H groups in total. The van der Waals surface area contributed by atoms with E-state index in [0.717, 1.165) is 18.4 Å². The summed E-state index contributed by atoms with van der Waals surface area (Å²) in [4.78, 5) is 25.5. The summed E-state index contributed by atoms with van der Waals surface area (Å²) in [7, 11) is 0. The molecular formula is C24H37NO6. The third-order valence-corrected chi connectivity index (χ3v) is 5.37. The molecule has 0 aromatic heterocycles. The molecule has 1 amide bonds. The second kappa shape index (κ2) is 13.2. The van der Waals surface area contributed by atoms with E-state index >= 15 is 0 Å². The molecule has 0 bridgehead atoms. The van der Waals surface area contributed by atoms with Crippen LogP contribution in [0.5, 0.6) is 5.75 Å². The lowest BCUT2D eigenvalue weighted by molar-refractivity contribution is -0.149. The van der Waals surface area contributed by atoms with Crippen molar-refractivity contribution >= 4 is 12.1 Å². The van der Waals surface area contributed by atoms with Gasteiger partial charge in [0.25, 0.3) is 0 Å². The van der Waals surface area contributed by atoms with Crippen LogP contribution in [-0.4, -0.2) is 61.1 Å². The molecule has 1 fully saturated rings. The molecule has 1 atom stereocenters. The lowest BCUT2D eigenvalue weighted by Crippen LogP contribution is -2.38. The fraction of sp³-hybridized carbons (Fsp3) is 0.667. The van der Waals surface area contributed by atoms with E-state index in [1.54, 1.807) is 11.8 Å². The Hall–Kier alpha value is -2.28. The normalized spacial score (nSPS) is 15.1. The molecule has 1 aromatic carbocycles. The van der Waals surface area contributed by atoms with Crippen LogP contribution >= 0.6 is 0 Å². The van der Waals surface area contributed by atoms with E-state index in [9.17, 15) is 14.7 Å². The fourth-order valence-corrected chi connectivity index (χ4v) is 3.72. The van der Waals surface area contributed by atoms with Crippen LogP contribution in [0.1, 0.15) is 52.0 Å². The minimum Gasteiger partial charge on any atom is -0.492 e. The Morgan fingerprint density at radius 1 is 1.16 bits per heavy atom. The number of hydrogen-bond donors (Lipinski definition) is 1. The zero-order valence-corrected chi connectivity index (χ0v) is 19.0. The highest BCUT2D eigenvalue weighted by Crippen LogP contribution is 2.25. The molecule has 0 spiro atoms. The first-order valence-corrected chi connectivity index (χ1v) is 11.4. The molecule has 2 rings (SSSR count). The predicted octanol–water partition coefficient (Wildman–Crippen LogP) is 4.38. The maximum atomic E-state index is 12.5. The van der Waals surface area contributed by atoms with E-state index in [4.69, 9.17) is 14.2 Å². The number of carboxylic acids is 1. The van der Waals surface area contributed by atoms with Crippen molar-refractivity contribution in [3.05, 3.63) is 29.8 Å². The molecule has 1 saturated carbocycles. The van der Waals surface area contributed by atoms with Gasteiger partial charge in [-0.25, -0.2) is 9.59 Å². The van der Waals surface area contributed by atoms with Crippen LogP contribution in [0.25, 0.3) is 0 Å². The Balaban J connectivity index is 1.85. The Bertz CT molecular complexity index is 669. The van der Waals surface area contributed by atoms with E-state index < -0.39 is 12.1 Å². The van der Waals surface area contributed by atoms with Crippen molar-refractivity contribution in [1.29, 1.82) is 0 Å². The van der Waals surface area contributed by atoms with E-state index in [0.29, 0.717) is 56.9 Å². The summed E-state index contributed by atoms with van der Waals surface area (Å²) in [5.74, 6) is 0.561. The van der Waals surface area contributed by atoms with Crippen LogP contribution in [0, 0.1) is 11.8 Å². The largest absolute Gasteiger partial charge is 0.492 e. The topological polar surface area (TPSA) is 85.3 Å². The number of nitrogens with zero attached hydrogens (tertiary/aromatic N) is 1. The first-order valence-electron chi connectivity index (χ1n) is 11.4. The van der Waals surface area contributed by atoms with Gasteiger partial charge < -0.3 is 24.2 Å². The van der Waals surface area contributed by atoms with E-state index in [1.807, 2.05) is 38.1 Å². The fourth-order valence-electron chi connectivity index (χ4n) is 3.72. The average molecular weight is 436 g/mol. The maximum Gasteiger partial charge on any atom is 0.409 e.